The Kier molecular flexibility index (Phi) is 6.41. The summed E-state index contributed by atoms with van der Waals surface area (Å²) in [6.07, 6.45) is 6.22. The van der Waals surface area contributed by atoms with Gasteiger partial charge >= 0.3 is 0 Å². The van der Waals surface area contributed by atoms with E-state index < -0.39 is 10.1 Å². The van der Waals surface area contributed by atoms with Crippen LogP contribution in [0.25, 0.3) is 0 Å². The molecule has 0 bridgehead atoms. The first-order chi connectivity index (χ1) is 9.56. The van der Waals surface area contributed by atoms with Gasteiger partial charge in [-0.25, -0.2) is 0 Å². The van der Waals surface area contributed by atoms with Crippen molar-refractivity contribution in [1.29, 1.82) is 0 Å². The Bertz CT molecular complexity index is 699. The number of terminal acetylenes is 1. The van der Waals surface area contributed by atoms with E-state index in [1.54, 1.807) is 12.1 Å². The molecule has 0 aliphatic carbocycles. The van der Waals surface area contributed by atoms with Gasteiger partial charge in [0.25, 0.3) is 10.1 Å². The summed E-state index contributed by atoms with van der Waals surface area (Å²) in [6, 6.07) is 6.41. The Morgan fingerprint density at radius 2 is 1.75 bits per heavy atom. The fourth-order valence-corrected chi connectivity index (χ4v) is 2.02. The van der Waals surface area contributed by atoms with Crippen molar-refractivity contribution in [2.45, 2.75) is 24.7 Å². The number of rotatable bonds is 4. The maximum absolute atomic E-state index is 11.8. The number of hydrogen-bond acceptors (Lipinski definition) is 3. The predicted molar refractivity (Wildman–Crippen MR) is 77.9 cm³/mol. The Morgan fingerprint density at radius 1 is 1.10 bits per heavy atom. The van der Waals surface area contributed by atoms with Gasteiger partial charge in [0.2, 0.25) is 0 Å². The second-order valence-electron chi connectivity index (χ2n) is 3.84. The van der Waals surface area contributed by atoms with Crippen molar-refractivity contribution in [2.75, 3.05) is 6.61 Å². The smallest absolute Gasteiger partial charge is 0.253 e. The summed E-state index contributed by atoms with van der Waals surface area (Å²) in [5.41, 5.74) is 0.978. The first-order valence-corrected chi connectivity index (χ1v) is 7.32. The van der Waals surface area contributed by atoms with Gasteiger partial charge in [-0.05, 0) is 30.9 Å². The molecule has 0 spiro atoms. The van der Waals surface area contributed by atoms with Crippen molar-refractivity contribution < 1.29 is 12.6 Å². The van der Waals surface area contributed by atoms with Gasteiger partial charge in [0.15, 0.2) is 0 Å². The third-order valence-electron chi connectivity index (χ3n) is 2.23. The van der Waals surface area contributed by atoms with Crippen LogP contribution in [-0.2, 0) is 14.3 Å². The topological polar surface area (TPSA) is 43.4 Å². The van der Waals surface area contributed by atoms with E-state index >= 15 is 0 Å². The minimum Gasteiger partial charge on any atom is -0.253 e. The summed E-state index contributed by atoms with van der Waals surface area (Å²) < 4.78 is 28.3. The second kappa shape index (κ2) is 8.08. The molecule has 0 unspecified atom stereocenters. The molecule has 0 aromatic heterocycles. The molecule has 1 aromatic carbocycles. The minimum atomic E-state index is -3.76. The van der Waals surface area contributed by atoms with E-state index in [2.05, 4.69) is 29.6 Å². The maximum atomic E-state index is 11.8. The van der Waals surface area contributed by atoms with Crippen LogP contribution in [0.4, 0.5) is 0 Å². The quantitative estimate of drug-likeness (QED) is 0.484. The van der Waals surface area contributed by atoms with E-state index in [1.165, 1.54) is 12.1 Å². The molecule has 4 heteroatoms. The Morgan fingerprint density at radius 3 is 2.40 bits per heavy atom. The molecule has 0 atom stereocenters. The van der Waals surface area contributed by atoms with Crippen LogP contribution >= 0.6 is 0 Å². The molecule has 3 nitrogen and oxygen atoms in total. The highest BCUT2D eigenvalue weighted by Crippen LogP contribution is 2.12. The molecule has 0 aliphatic heterocycles. The first kappa shape index (κ1) is 15.9. The normalized spacial score (nSPS) is 9.60. The van der Waals surface area contributed by atoms with Crippen LogP contribution < -0.4 is 0 Å². The summed E-state index contributed by atoms with van der Waals surface area (Å²) in [6.45, 7) is 1.65. The summed E-state index contributed by atoms with van der Waals surface area (Å²) in [7, 11) is -3.76. The van der Waals surface area contributed by atoms with Crippen molar-refractivity contribution in [2.24, 2.45) is 0 Å². The Labute approximate surface area is 120 Å². The van der Waals surface area contributed by atoms with Crippen molar-refractivity contribution >= 4 is 10.1 Å². The van der Waals surface area contributed by atoms with Gasteiger partial charge in [-0.3, -0.25) is 4.18 Å². The second-order valence-corrected chi connectivity index (χ2v) is 5.45. The molecule has 0 N–H and O–H groups in total. The molecule has 0 saturated heterocycles. The third-order valence-corrected chi connectivity index (χ3v) is 3.51. The lowest BCUT2D eigenvalue weighted by atomic mass is 10.2. The fourth-order valence-electron chi connectivity index (χ4n) is 1.20. The average Bonchev–Trinajstić information content (AvgIpc) is 2.42. The standard InChI is InChI=1S/C16H14O3S/c1-3-4-5-6-7-8-9-14-19-20(17,18)16-12-10-15(2)11-13-16/h1,10-13H,4-5,14H2,2H3. The molecular formula is C16H14O3S. The largest absolute Gasteiger partial charge is 0.297 e. The van der Waals surface area contributed by atoms with Crippen LogP contribution in [0.5, 0.6) is 0 Å². The Hall–Kier alpha value is -2.19. The van der Waals surface area contributed by atoms with Gasteiger partial charge in [0, 0.05) is 12.8 Å². The van der Waals surface area contributed by atoms with E-state index in [0.717, 1.165) is 5.56 Å². The zero-order valence-electron chi connectivity index (χ0n) is 11.1. The van der Waals surface area contributed by atoms with Crippen molar-refractivity contribution in [3.05, 3.63) is 29.8 Å². The minimum absolute atomic E-state index is 0.116. The van der Waals surface area contributed by atoms with E-state index in [9.17, 15) is 8.42 Å². The van der Waals surface area contributed by atoms with Crippen LogP contribution in [0.1, 0.15) is 18.4 Å². The van der Waals surface area contributed by atoms with Gasteiger partial charge in [0.05, 0.1) is 4.90 Å². The van der Waals surface area contributed by atoms with Crippen LogP contribution in [0.3, 0.4) is 0 Å². The predicted octanol–water partition coefficient (Wildman–Crippen LogP) is 2.12. The van der Waals surface area contributed by atoms with E-state index in [4.69, 9.17) is 10.6 Å². The lowest BCUT2D eigenvalue weighted by Crippen LogP contribution is -2.06. The van der Waals surface area contributed by atoms with Crippen molar-refractivity contribution in [1.82, 2.24) is 0 Å². The molecule has 20 heavy (non-hydrogen) atoms. The number of benzene rings is 1. The van der Waals surface area contributed by atoms with Crippen LogP contribution in [0, 0.1) is 42.9 Å². The van der Waals surface area contributed by atoms with Gasteiger partial charge in [-0.15, -0.1) is 12.3 Å². The van der Waals surface area contributed by atoms with Crippen molar-refractivity contribution in [3.63, 3.8) is 0 Å². The number of hydrogen-bond donors (Lipinski definition) is 0. The monoisotopic (exact) mass is 286 g/mol. The summed E-state index contributed by atoms with van der Waals surface area (Å²) in [5, 5.41) is 0. The molecule has 0 amide bonds. The molecule has 0 aliphatic rings. The van der Waals surface area contributed by atoms with Gasteiger partial charge in [0.1, 0.15) is 6.61 Å². The van der Waals surface area contributed by atoms with Gasteiger partial charge in [-0.2, -0.15) is 8.42 Å². The highest BCUT2D eigenvalue weighted by molar-refractivity contribution is 7.86. The Balaban J connectivity index is 2.52. The molecule has 0 heterocycles. The zero-order valence-corrected chi connectivity index (χ0v) is 12.0. The molecular weight excluding hydrogens is 272 g/mol. The lowest BCUT2D eigenvalue weighted by Gasteiger charge is -2.02. The summed E-state index contributed by atoms with van der Waals surface area (Å²) >= 11 is 0. The van der Waals surface area contributed by atoms with Crippen molar-refractivity contribution in [3.8, 4) is 36.0 Å². The van der Waals surface area contributed by atoms with E-state index in [-0.39, 0.29) is 11.5 Å². The SMILES string of the molecule is C#CCCC#CC#CCOS(=O)(=O)c1ccc(C)cc1. The van der Waals surface area contributed by atoms with Gasteiger partial charge in [-0.1, -0.05) is 29.5 Å². The fraction of sp³-hybridized carbons (Fsp3) is 0.250. The molecule has 0 fully saturated rings. The van der Waals surface area contributed by atoms with Gasteiger partial charge < -0.3 is 0 Å². The zero-order chi connectivity index (χ0) is 14.8. The number of aryl methyl sites for hydroxylation is 1. The molecule has 1 aromatic rings. The molecule has 0 saturated carbocycles. The highest BCUT2D eigenvalue weighted by Gasteiger charge is 2.13. The lowest BCUT2D eigenvalue weighted by molar-refractivity contribution is 0.363. The van der Waals surface area contributed by atoms with Crippen LogP contribution in [0.2, 0.25) is 0 Å². The first-order valence-electron chi connectivity index (χ1n) is 5.91. The third kappa shape index (κ3) is 5.63. The van der Waals surface area contributed by atoms with E-state index in [0.29, 0.717) is 12.8 Å². The van der Waals surface area contributed by atoms with Crippen LogP contribution in [0.15, 0.2) is 29.2 Å². The molecule has 0 radical (unpaired) electrons. The summed E-state index contributed by atoms with van der Waals surface area (Å²) in [5.74, 6) is 12.8. The average molecular weight is 286 g/mol. The number of unbranched alkanes of at least 4 members (excludes halogenated alkanes) is 1. The maximum Gasteiger partial charge on any atom is 0.297 e. The van der Waals surface area contributed by atoms with E-state index in [1.807, 2.05) is 6.92 Å². The highest BCUT2D eigenvalue weighted by atomic mass is 32.2. The molecule has 102 valence electrons. The van der Waals surface area contributed by atoms with Crippen LogP contribution in [-0.4, -0.2) is 15.0 Å². The molecule has 1 rings (SSSR count). The summed E-state index contributed by atoms with van der Waals surface area (Å²) in [4.78, 5) is 0.116.